The predicted octanol–water partition coefficient (Wildman–Crippen LogP) is -3.27. The lowest BCUT2D eigenvalue weighted by Crippen LogP contribution is -2.69. The first-order valence-electron chi connectivity index (χ1n) is 19.5. The molecule has 13 N–H and O–H groups in total. The quantitative estimate of drug-likeness (QED) is 0.0274. The molecule has 3 heterocycles. The normalized spacial score (nSPS) is 30.8. The molecule has 3 aliphatic rings. The van der Waals surface area contributed by atoms with Crippen LogP contribution in [-0.4, -0.2) is 201 Å². The number of carbonyl (C=O) groups excluding carboxylic acids is 2. The van der Waals surface area contributed by atoms with Crippen molar-refractivity contribution in [2.24, 2.45) is 0 Å². The Morgan fingerprint density at radius 1 is 0.891 bits per heavy atom. The van der Waals surface area contributed by atoms with Gasteiger partial charge in [-0.3, -0.25) is 18.7 Å². The Hall–Kier alpha value is -2.57. The van der Waals surface area contributed by atoms with Gasteiger partial charge in [0.15, 0.2) is 24.8 Å². The molecule has 0 aliphatic carbocycles. The van der Waals surface area contributed by atoms with Crippen LogP contribution in [-0.2, 0) is 62.5 Å². The lowest BCUT2D eigenvalue weighted by Gasteiger charge is -2.48. The second kappa shape index (κ2) is 24.5. The number of aliphatic carboxylic acids is 1. The molecular weight excluding hydrogens is 947 g/mol. The predicted molar refractivity (Wildman–Crippen MR) is 220 cm³/mol. The fourth-order valence-corrected chi connectivity index (χ4v) is 10.8. The summed E-state index contributed by atoms with van der Waals surface area (Å²) in [6.07, 6.45) is -25.0. The Morgan fingerprint density at radius 2 is 1.55 bits per heavy atom. The molecule has 4 rings (SSSR count). The molecule has 3 fully saturated rings. The van der Waals surface area contributed by atoms with Crippen LogP contribution in [0.5, 0.6) is 0 Å². The number of aliphatic hydroxyl groups excluding tert-OH is 7. The van der Waals surface area contributed by atoms with Crippen molar-refractivity contribution in [1.82, 2.24) is 5.32 Å². The summed E-state index contributed by atoms with van der Waals surface area (Å²) in [5, 5.41) is 92.0. The van der Waals surface area contributed by atoms with Gasteiger partial charge in [0.25, 0.3) is 0 Å². The van der Waals surface area contributed by atoms with E-state index in [1.807, 2.05) is 21.6 Å². The maximum absolute atomic E-state index is 12.5. The topological polar surface area (TPSA) is 413 Å². The number of anilines is 2. The van der Waals surface area contributed by atoms with Crippen molar-refractivity contribution in [3.63, 3.8) is 0 Å². The van der Waals surface area contributed by atoms with Crippen LogP contribution in [0.4, 0.5) is 11.4 Å². The van der Waals surface area contributed by atoms with E-state index in [9.17, 15) is 81.2 Å². The van der Waals surface area contributed by atoms with Gasteiger partial charge in [0.2, 0.25) is 11.8 Å². The van der Waals surface area contributed by atoms with E-state index in [4.69, 9.17) is 18.9 Å². The number of unbranched alkanes of at least 4 members (excludes halogenated alkanes) is 1. The molecule has 30 heteroatoms. The van der Waals surface area contributed by atoms with E-state index >= 15 is 0 Å². The number of ether oxygens (including phenoxy) is 4. The van der Waals surface area contributed by atoms with Crippen LogP contribution >= 0.6 is 21.6 Å². The van der Waals surface area contributed by atoms with E-state index in [-0.39, 0.29) is 5.91 Å². The minimum Gasteiger partial charge on any atom is -0.479 e. The van der Waals surface area contributed by atoms with Gasteiger partial charge in [0, 0.05) is 42.3 Å². The Balaban J connectivity index is 1.44. The first kappa shape index (κ1) is 54.0. The van der Waals surface area contributed by atoms with Gasteiger partial charge in [-0.15, -0.1) is 0 Å². The fourth-order valence-electron chi connectivity index (χ4n) is 6.79. The molecule has 2 amide bonds. The molecule has 26 nitrogen and oxygen atoms in total. The highest BCUT2D eigenvalue weighted by Gasteiger charge is 2.56. The second-order valence-corrected chi connectivity index (χ2v) is 19.7. The summed E-state index contributed by atoms with van der Waals surface area (Å²) < 4.78 is 96.9. The number of aliphatic hydroxyl groups is 7. The molecule has 3 saturated heterocycles. The lowest BCUT2D eigenvalue weighted by atomic mass is 9.95. The van der Waals surface area contributed by atoms with Crippen molar-refractivity contribution in [2.75, 3.05) is 36.1 Å². The number of hydrogen-bond acceptors (Lipinski definition) is 23. The Bertz CT molecular complexity index is 1910. The fraction of sp³-hybridized carbons (Fsp3) is 0.735. The number of amides is 2. The van der Waals surface area contributed by atoms with E-state index in [0.29, 0.717) is 23.0 Å². The molecule has 0 aromatic heterocycles. The molecule has 0 radical (unpaired) electrons. The largest absolute Gasteiger partial charge is 0.479 e. The van der Waals surface area contributed by atoms with E-state index in [2.05, 4.69) is 24.3 Å². The van der Waals surface area contributed by atoms with E-state index in [0.717, 1.165) is 38.4 Å². The van der Waals surface area contributed by atoms with Gasteiger partial charge in [-0.25, -0.2) is 13.2 Å². The number of rotatable bonds is 24. The smallest absolute Gasteiger partial charge is 0.397 e. The number of benzene rings is 1. The summed E-state index contributed by atoms with van der Waals surface area (Å²) in [6.45, 7) is -1.78. The van der Waals surface area contributed by atoms with Crippen LogP contribution in [0, 0.1) is 0 Å². The number of hydrogen-bond donors (Lipinski definition) is 13. The van der Waals surface area contributed by atoms with Gasteiger partial charge in [0.1, 0.15) is 54.9 Å². The van der Waals surface area contributed by atoms with Gasteiger partial charge in [-0.1, -0.05) is 34.1 Å². The van der Waals surface area contributed by atoms with Gasteiger partial charge in [-0.2, -0.15) is 16.8 Å². The summed E-state index contributed by atoms with van der Waals surface area (Å²) in [4.78, 5) is 36.8. The number of carbonyl (C=O) groups is 3. The first-order chi connectivity index (χ1) is 30.0. The summed E-state index contributed by atoms with van der Waals surface area (Å²) in [5.74, 6) is -2.00. The van der Waals surface area contributed by atoms with Crippen molar-refractivity contribution in [2.45, 2.75) is 130 Å². The molecule has 1 aromatic carbocycles. The second-order valence-electron chi connectivity index (χ2n) is 14.8. The van der Waals surface area contributed by atoms with Gasteiger partial charge < -0.3 is 75.8 Å². The average molecular weight is 1000 g/mol. The third-order valence-electron chi connectivity index (χ3n) is 9.88. The van der Waals surface area contributed by atoms with Crippen LogP contribution in [0.25, 0.3) is 0 Å². The molecule has 64 heavy (non-hydrogen) atoms. The summed E-state index contributed by atoms with van der Waals surface area (Å²) >= 11 is 0. The van der Waals surface area contributed by atoms with Crippen LogP contribution in [0.3, 0.4) is 0 Å². The molecule has 1 unspecified atom stereocenters. The number of nitrogens with one attached hydrogen (secondary N) is 3. The molecule has 0 saturated carbocycles. The molecule has 3 aliphatic heterocycles. The Morgan fingerprint density at radius 3 is 2.16 bits per heavy atom. The van der Waals surface area contributed by atoms with Crippen LogP contribution in [0.15, 0.2) is 24.3 Å². The molecule has 366 valence electrons. The summed E-state index contributed by atoms with van der Waals surface area (Å²) in [7, 11) is -7.39. The molecule has 0 bridgehead atoms. The molecule has 1 aromatic rings. The van der Waals surface area contributed by atoms with Gasteiger partial charge >= 0.3 is 26.8 Å². The maximum atomic E-state index is 12.5. The third kappa shape index (κ3) is 16.3. The molecular formula is C34H53N3O23S4. The summed E-state index contributed by atoms with van der Waals surface area (Å²) in [6, 6.07) is 4.46. The van der Waals surface area contributed by atoms with Crippen molar-refractivity contribution in [1.29, 1.82) is 0 Å². The highest BCUT2D eigenvalue weighted by Crippen LogP contribution is 2.40. The van der Waals surface area contributed by atoms with Crippen LogP contribution < -0.4 is 16.0 Å². The van der Waals surface area contributed by atoms with E-state index in [1.54, 1.807) is 24.3 Å². The monoisotopic (exact) mass is 999 g/mol. The minimum atomic E-state index is -5.57. The van der Waals surface area contributed by atoms with Gasteiger partial charge in [-0.05, 0) is 37.5 Å². The standard InChI is InChI=1S/C34H53N3O23S4/c1-15(39)36-23-29(57-34-31(60-64(52,53)54)27(46)26(45)30(58-34)32(47)48)28(59-63(49,50)51)21(13-38)56-33(23)55-14-20(41)25(44)24(43)19(40)12-35-16-5-4-6-17(11-16)37-22(42)8-3-2-7-18-9-10-61-62-18/h4-6,11,18-21,23-31,33-35,38,40-41,43-46H,2-3,7-10,12-14H2,1H3,(H,36,39)(H,37,42)(H,47,48)(H,49,50,51)(H,52,53,54)/t18?,19-,20+,21+,23+,24+,25+,26-,27-,28-,29+,30-,31+,33-,34+/m0/s1. The zero-order chi connectivity index (χ0) is 47.5. The zero-order valence-corrected chi connectivity index (χ0v) is 37.0. The highest BCUT2D eigenvalue weighted by molar-refractivity contribution is 8.77. The molecule has 0 spiro atoms. The van der Waals surface area contributed by atoms with E-state index in [1.165, 1.54) is 0 Å². The highest BCUT2D eigenvalue weighted by atomic mass is 33.1. The van der Waals surface area contributed by atoms with Gasteiger partial charge in [0.05, 0.1) is 19.3 Å². The van der Waals surface area contributed by atoms with Crippen molar-refractivity contribution in [3.8, 4) is 0 Å². The van der Waals surface area contributed by atoms with E-state index < -0.39 is 138 Å². The van der Waals surface area contributed by atoms with Crippen molar-refractivity contribution in [3.05, 3.63) is 24.3 Å². The van der Waals surface area contributed by atoms with Crippen molar-refractivity contribution < 1.29 is 108 Å². The lowest BCUT2D eigenvalue weighted by molar-refractivity contribution is -0.336. The SMILES string of the molecule is CC(=O)N[C@H]1[C@@H](OC[C@@H](O)[C@@H](O)[C@H](O)[C@@H](O)CNc2cccc(NC(=O)CCCCC3CCSS3)c2)O[C@H](CO)[C@H](OS(=O)(=O)O)[C@@H]1O[C@@H]1O[C@H](C(=O)O)[C@@H](O)[C@H](O)[C@H]1OS(=O)(=O)O. The van der Waals surface area contributed by atoms with Crippen LogP contribution in [0.2, 0.25) is 0 Å². The minimum absolute atomic E-state index is 0.185. The Labute approximate surface area is 374 Å². The average Bonchev–Trinajstić information content (AvgIpc) is 3.74. The Kier molecular flexibility index (Phi) is 20.6. The first-order valence-corrected chi connectivity index (χ1v) is 24.6. The summed E-state index contributed by atoms with van der Waals surface area (Å²) in [5.41, 5.74) is 0.856. The number of carboxylic acids is 1. The number of carboxylic acid groups (broad SMARTS) is 1. The maximum Gasteiger partial charge on any atom is 0.397 e. The molecule has 15 atom stereocenters. The zero-order valence-electron chi connectivity index (χ0n) is 33.7. The van der Waals surface area contributed by atoms with Crippen molar-refractivity contribution >= 4 is 71.5 Å². The van der Waals surface area contributed by atoms with Crippen LogP contribution in [0.1, 0.15) is 39.0 Å². The third-order valence-corrected chi connectivity index (χ3v) is 13.8.